The third-order valence-electron chi connectivity index (χ3n) is 2.03. The highest BCUT2D eigenvalue weighted by Crippen LogP contribution is 2.20. The van der Waals surface area contributed by atoms with Crippen LogP contribution in [0.3, 0.4) is 0 Å². The second-order valence-electron chi connectivity index (χ2n) is 2.78. The summed E-state index contributed by atoms with van der Waals surface area (Å²) in [6.45, 7) is 0.913. The minimum Gasteiger partial charge on any atom is -0.497 e. The van der Waals surface area contributed by atoms with Gasteiger partial charge in [0.2, 0.25) is 0 Å². The molecule has 0 saturated carbocycles. The van der Waals surface area contributed by atoms with Crippen LogP contribution in [-0.2, 0) is 6.54 Å². The van der Waals surface area contributed by atoms with E-state index in [4.69, 9.17) is 4.74 Å². The normalized spacial score (nSPS) is 13.4. The first-order chi connectivity index (χ1) is 5.90. The summed E-state index contributed by atoms with van der Waals surface area (Å²) in [4.78, 5) is 0. The van der Waals surface area contributed by atoms with E-state index in [2.05, 4.69) is 17.5 Å². The summed E-state index contributed by atoms with van der Waals surface area (Å²) in [7, 11) is 1.69. The Bertz CT molecular complexity index is 318. The number of methoxy groups -OCH3 is 1. The van der Waals surface area contributed by atoms with E-state index in [-0.39, 0.29) is 0 Å². The molecular weight excluding hydrogens is 150 g/mol. The van der Waals surface area contributed by atoms with Crippen LogP contribution in [0.15, 0.2) is 24.4 Å². The molecule has 2 nitrogen and oxygen atoms in total. The van der Waals surface area contributed by atoms with Crippen LogP contribution < -0.4 is 10.1 Å². The largest absolute Gasteiger partial charge is 0.497 e. The lowest BCUT2D eigenvalue weighted by atomic mass is 10.1. The Balaban J connectivity index is 2.44. The number of rotatable bonds is 1. The second kappa shape index (κ2) is 2.89. The summed E-state index contributed by atoms with van der Waals surface area (Å²) >= 11 is 0. The average molecular weight is 161 g/mol. The van der Waals surface area contributed by atoms with Gasteiger partial charge in [0.25, 0.3) is 0 Å². The van der Waals surface area contributed by atoms with E-state index >= 15 is 0 Å². The predicted octanol–water partition coefficient (Wildman–Crippen LogP) is 1.77. The van der Waals surface area contributed by atoms with Gasteiger partial charge in [-0.1, -0.05) is 6.07 Å². The van der Waals surface area contributed by atoms with Gasteiger partial charge in [0, 0.05) is 6.54 Å². The third kappa shape index (κ3) is 1.16. The van der Waals surface area contributed by atoms with Crippen molar-refractivity contribution >= 4 is 6.08 Å². The molecule has 1 heterocycles. The van der Waals surface area contributed by atoms with Crippen molar-refractivity contribution < 1.29 is 4.74 Å². The van der Waals surface area contributed by atoms with Gasteiger partial charge in [-0.2, -0.15) is 0 Å². The molecule has 1 aliphatic heterocycles. The lowest BCUT2D eigenvalue weighted by molar-refractivity contribution is 0.414. The molecule has 0 radical (unpaired) electrons. The Hall–Kier alpha value is -1.44. The minimum absolute atomic E-state index is 0.913. The Morgan fingerprint density at radius 1 is 1.42 bits per heavy atom. The molecule has 0 bridgehead atoms. The van der Waals surface area contributed by atoms with Crippen molar-refractivity contribution in [1.29, 1.82) is 0 Å². The molecule has 62 valence electrons. The molecule has 0 spiro atoms. The molecule has 2 rings (SSSR count). The molecular formula is C10H11NO. The van der Waals surface area contributed by atoms with Crippen molar-refractivity contribution in [3.8, 4) is 5.75 Å². The van der Waals surface area contributed by atoms with Crippen LogP contribution in [0.5, 0.6) is 5.75 Å². The highest BCUT2D eigenvalue weighted by molar-refractivity contribution is 5.57. The number of hydrogen-bond donors (Lipinski definition) is 1. The fourth-order valence-corrected chi connectivity index (χ4v) is 1.33. The van der Waals surface area contributed by atoms with E-state index < -0.39 is 0 Å². The van der Waals surface area contributed by atoms with Gasteiger partial charge in [-0.15, -0.1) is 0 Å². The fraction of sp³-hybridized carbons (Fsp3) is 0.200. The lowest BCUT2D eigenvalue weighted by Gasteiger charge is -2.12. The van der Waals surface area contributed by atoms with Crippen molar-refractivity contribution in [1.82, 2.24) is 5.32 Å². The van der Waals surface area contributed by atoms with E-state index in [0.717, 1.165) is 12.3 Å². The monoisotopic (exact) mass is 161 g/mol. The van der Waals surface area contributed by atoms with Crippen LogP contribution >= 0.6 is 0 Å². The Kier molecular flexibility index (Phi) is 1.74. The molecule has 12 heavy (non-hydrogen) atoms. The smallest absolute Gasteiger partial charge is 0.119 e. The SMILES string of the molecule is COc1ccc2c(c1)C=CNC2. The van der Waals surface area contributed by atoms with Crippen LogP contribution in [0, 0.1) is 0 Å². The lowest BCUT2D eigenvalue weighted by Crippen LogP contribution is -2.09. The third-order valence-corrected chi connectivity index (χ3v) is 2.03. The number of hydrogen-bond acceptors (Lipinski definition) is 2. The zero-order valence-corrected chi connectivity index (χ0v) is 7.00. The van der Waals surface area contributed by atoms with Crippen molar-refractivity contribution in [2.24, 2.45) is 0 Å². The molecule has 2 heteroatoms. The highest BCUT2D eigenvalue weighted by atomic mass is 16.5. The van der Waals surface area contributed by atoms with Gasteiger partial charge in [0.1, 0.15) is 5.75 Å². The van der Waals surface area contributed by atoms with E-state index in [9.17, 15) is 0 Å². The molecule has 0 unspecified atom stereocenters. The Morgan fingerprint density at radius 3 is 3.17 bits per heavy atom. The maximum absolute atomic E-state index is 5.13. The fourth-order valence-electron chi connectivity index (χ4n) is 1.33. The van der Waals surface area contributed by atoms with Gasteiger partial charge in [-0.05, 0) is 35.5 Å². The molecule has 0 amide bonds. The molecule has 1 N–H and O–H groups in total. The Labute approximate surface area is 71.9 Å². The number of fused-ring (bicyclic) bond motifs is 1. The van der Waals surface area contributed by atoms with Crippen molar-refractivity contribution in [2.45, 2.75) is 6.54 Å². The van der Waals surface area contributed by atoms with E-state index in [1.807, 2.05) is 18.3 Å². The summed E-state index contributed by atoms with van der Waals surface area (Å²) in [5.41, 5.74) is 2.56. The second-order valence-corrected chi connectivity index (χ2v) is 2.78. The molecule has 1 aromatic rings. The van der Waals surface area contributed by atoms with E-state index in [0.29, 0.717) is 0 Å². The predicted molar refractivity (Wildman–Crippen MR) is 48.9 cm³/mol. The number of benzene rings is 1. The van der Waals surface area contributed by atoms with E-state index in [1.54, 1.807) is 7.11 Å². The summed E-state index contributed by atoms with van der Waals surface area (Å²) in [5.74, 6) is 0.917. The maximum atomic E-state index is 5.13. The van der Waals surface area contributed by atoms with Gasteiger partial charge in [-0.25, -0.2) is 0 Å². The first-order valence-electron chi connectivity index (χ1n) is 3.97. The molecule has 0 aromatic heterocycles. The van der Waals surface area contributed by atoms with Gasteiger partial charge in [-0.3, -0.25) is 0 Å². The molecule has 0 aliphatic carbocycles. The van der Waals surface area contributed by atoms with Crippen LogP contribution in [0.25, 0.3) is 6.08 Å². The van der Waals surface area contributed by atoms with Crippen molar-refractivity contribution in [2.75, 3.05) is 7.11 Å². The summed E-state index contributed by atoms with van der Waals surface area (Å²) in [5, 5.41) is 3.16. The summed E-state index contributed by atoms with van der Waals surface area (Å²) in [6.07, 6.45) is 4.02. The molecule has 1 aromatic carbocycles. The Morgan fingerprint density at radius 2 is 2.33 bits per heavy atom. The molecule has 0 saturated heterocycles. The molecule has 0 atom stereocenters. The quantitative estimate of drug-likeness (QED) is 0.677. The van der Waals surface area contributed by atoms with Crippen LogP contribution in [0.1, 0.15) is 11.1 Å². The van der Waals surface area contributed by atoms with Crippen LogP contribution in [0.2, 0.25) is 0 Å². The van der Waals surface area contributed by atoms with Crippen LogP contribution in [0.4, 0.5) is 0 Å². The van der Waals surface area contributed by atoms with Gasteiger partial charge in [0.15, 0.2) is 0 Å². The zero-order chi connectivity index (χ0) is 8.39. The van der Waals surface area contributed by atoms with Crippen molar-refractivity contribution in [3.05, 3.63) is 35.5 Å². The first-order valence-corrected chi connectivity index (χ1v) is 3.97. The maximum Gasteiger partial charge on any atom is 0.119 e. The van der Waals surface area contributed by atoms with E-state index in [1.165, 1.54) is 11.1 Å². The minimum atomic E-state index is 0.913. The van der Waals surface area contributed by atoms with Crippen molar-refractivity contribution in [3.63, 3.8) is 0 Å². The highest BCUT2D eigenvalue weighted by Gasteiger charge is 2.03. The topological polar surface area (TPSA) is 21.3 Å². The number of nitrogens with one attached hydrogen (secondary N) is 1. The average Bonchev–Trinajstić information content (AvgIpc) is 2.17. The molecule has 1 aliphatic rings. The van der Waals surface area contributed by atoms with Gasteiger partial charge >= 0.3 is 0 Å². The molecule has 0 fully saturated rings. The summed E-state index contributed by atoms with van der Waals surface area (Å²) in [6, 6.07) is 6.12. The standard InChI is InChI=1S/C10H11NO/c1-12-10-3-2-9-7-11-5-4-8(9)6-10/h2-6,11H,7H2,1H3. The van der Waals surface area contributed by atoms with Crippen LogP contribution in [-0.4, -0.2) is 7.11 Å². The zero-order valence-electron chi connectivity index (χ0n) is 7.00. The first kappa shape index (κ1) is 7.22. The number of ether oxygens (including phenoxy) is 1. The van der Waals surface area contributed by atoms with Gasteiger partial charge < -0.3 is 10.1 Å². The summed E-state index contributed by atoms with van der Waals surface area (Å²) < 4.78 is 5.13. The van der Waals surface area contributed by atoms with Gasteiger partial charge in [0.05, 0.1) is 7.11 Å².